The van der Waals surface area contributed by atoms with Crippen molar-refractivity contribution in [3.8, 4) is 0 Å². The predicted octanol–water partition coefficient (Wildman–Crippen LogP) is 4.29. The summed E-state index contributed by atoms with van der Waals surface area (Å²) in [4.78, 5) is 12.9. The average Bonchev–Trinajstić information content (AvgIpc) is 3.04. The second-order valence-electron chi connectivity index (χ2n) is 7.66. The molecule has 2 heterocycles. The SMILES string of the molecule is CCc1ccc(Sc2cnc(N3CCC4(CCC[C@H]4N)CC3)cn2)cc1. The molecule has 1 aliphatic carbocycles. The Morgan fingerprint density at radius 3 is 2.46 bits per heavy atom. The van der Waals surface area contributed by atoms with Crippen molar-refractivity contribution in [3.05, 3.63) is 42.2 Å². The lowest BCUT2D eigenvalue weighted by Crippen LogP contribution is -2.47. The van der Waals surface area contributed by atoms with E-state index in [4.69, 9.17) is 5.73 Å². The lowest BCUT2D eigenvalue weighted by atomic mass is 9.74. The normalized spacial score (nSPS) is 22.1. The minimum atomic E-state index is 0.393. The molecule has 4 rings (SSSR count). The largest absolute Gasteiger partial charge is 0.355 e. The van der Waals surface area contributed by atoms with E-state index in [0.717, 1.165) is 30.4 Å². The Labute approximate surface area is 160 Å². The van der Waals surface area contributed by atoms with E-state index in [9.17, 15) is 0 Å². The number of rotatable bonds is 4. The van der Waals surface area contributed by atoms with E-state index in [1.165, 1.54) is 42.6 Å². The molecule has 1 atom stereocenters. The Morgan fingerprint density at radius 2 is 1.88 bits per heavy atom. The number of hydrogen-bond acceptors (Lipinski definition) is 5. The minimum absolute atomic E-state index is 0.393. The van der Waals surface area contributed by atoms with E-state index in [2.05, 4.69) is 46.1 Å². The number of aromatic nitrogens is 2. The average molecular weight is 369 g/mol. The third-order valence-corrected chi connectivity index (χ3v) is 7.16. The fourth-order valence-corrected chi connectivity index (χ4v) is 5.13. The van der Waals surface area contributed by atoms with Gasteiger partial charge < -0.3 is 10.6 Å². The highest BCUT2D eigenvalue weighted by molar-refractivity contribution is 7.99. The maximum Gasteiger partial charge on any atom is 0.147 e. The molecule has 0 amide bonds. The second-order valence-corrected chi connectivity index (χ2v) is 8.75. The van der Waals surface area contributed by atoms with Gasteiger partial charge in [-0.2, -0.15) is 0 Å². The van der Waals surface area contributed by atoms with Crippen molar-refractivity contribution in [1.82, 2.24) is 9.97 Å². The van der Waals surface area contributed by atoms with Crippen molar-refractivity contribution in [3.63, 3.8) is 0 Å². The summed E-state index contributed by atoms with van der Waals surface area (Å²) in [6.07, 6.45) is 11.1. The van der Waals surface area contributed by atoms with Crippen LogP contribution in [0.3, 0.4) is 0 Å². The van der Waals surface area contributed by atoms with E-state index in [1.807, 2.05) is 12.4 Å². The first-order chi connectivity index (χ1) is 12.7. The molecule has 138 valence electrons. The number of nitrogens with zero attached hydrogens (tertiary/aromatic N) is 3. The Kier molecular flexibility index (Phi) is 5.18. The van der Waals surface area contributed by atoms with Gasteiger partial charge in [-0.1, -0.05) is 37.2 Å². The van der Waals surface area contributed by atoms with Crippen LogP contribution in [-0.4, -0.2) is 29.1 Å². The quantitative estimate of drug-likeness (QED) is 0.872. The maximum absolute atomic E-state index is 6.39. The number of nitrogens with two attached hydrogens (primary N) is 1. The van der Waals surface area contributed by atoms with Crippen molar-refractivity contribution in [2.24, 2.45) is 11.1 Å². The molecule has 1 aromatic carbocycles. The Hall–Kier alpha value is -1.59. The molecule has 2 fully saturated rings. The number of piperidine rings is 1. The molecule has 2 aromatic rings. The van der Waals surface area contributed by atoms with Crippen molar-refractivity contribution >= 4 is 17.6 Å². The first kappa shape index (κ1) is 17.8. The smallest absolute Gasteiger partial charge is 0.147 e. The fraction of sp³-hybridized carbons (Fsp3) is 0.524. The Bertz CT molecular complexity index is 721. The third-order valence-electron chi connectivity index (χ3n) is 6.23. The zero-order chi connectivity index (χ0) is 18.0. The summed E-state index contributed by atoms with van der Waals surface area (Å²) in [5.74, 6) is 0.997. The van der Waals surface area contributed by atoms with E-state index in [1.54, 1.807) is 11.8 Å². The zero-order valence-electron chi connectivity index (χ0n) is 15.5. The zero-order valence-corrected chi connectivity index (χ0v) is 16.3. The molecule has 4 nitrogen and oxygen atoms in total. The van der Waals surface area contributed by atoms with Crippen molar-refractivity contribution in [2.75, 3.05) is 18.0 Å². The molecule has 0 unspecified atom stereocenters. The van der Waals surface area contributed by atoms with E-state index >= 15 is 0 Å². The van der Waals surface area contributed by atoms with Crippen LogP contribution in [0.25, 0.3) is 0 Å². The van der Waals surface area contributed by atoms with Crippen molar-refractivity contribution in [2.45, 2.75) is 61.4 Å². The van der Waals surface area contributed by atoms with Crippen LogP contribution in [-0.2, 0) is 6.42 Å². The van der Waals surface area contributed by atoms with Gasteiger partial charge in [0.05, 0.1) is 12.4 Å². The van der Waals surface area contributed by atoms with Crippen molar-refractivity contribution in [1.29, 1.82) is 0 Å². The molecule has 1 aromatic heterocycles. The third kappa shape index (κ3) is 3.60. The van der Waals surface area contributed by atoms with Gasteiger partial charge in [0.15, 0.2) is 0 Å². The van der Waals surface area contributed by atoms with E-state index in [0.29, 0.717) is 11.5 Å². The summed E-state index contributed by atoms with van der Waals surface area (Å²) in [5, 5.41) is 0.948. The molecule has 2 N–H and O–H groups in total. The Morgan fingerprint density at radius 1 is 1.12 bits per heavy atom. The monoisotopic (exact) mass is 368 g/mol. The second kappa shape index (κ2) is 7.57. The number of hydrogen-bond donors (Lipinski definition) is 1. The molecular formula is C21H28N4S. The molecule has 0 radical (unpaired) electrons. The molecule has 5 heteroatoms. The summed E-state index contributed by atoms with van der Waals surface area (Å²) in [6, 6.07) is 9.08. The van der Waals surface area contributed by atoms with Gasteiger partial charge in [-0.15, -0.1) is 0 Å². The highest BCUT2D eigenvalue weighted by Crippen LogP contribution is 2.45. The van der Waals surface area contributed by atoms with Crippen LogP contribution in [0.2, 0.25) is 0 Å². The molecular weight excluding hydrogens is 340 g/mol. The highest BCUT2D eigenvalue weighted by atomic mass is 32.2. The summed E-state index contributed by atoms with van der Waals surface area (Å²) in [6.45, 7) is 4.27. The minimum Gasteiger partial charge on any atom is -0.355 e. The lowest BCUT2D eigenvalue weighted by molar-refractivity contribution is 0.197. The van der Waals surface area contributed by atoms with Gasteiger partial charge in [-0.05, 0) is 55.2 Å². The molecule has 1 spiro atoms. The number of benzene rings is 1. The first-order valence-electron chi connectivity index (χ1n) is 9.78. The summed E-state index contributed by atoms with van der Waals surface area (Å²) < 4.78 is 0. The van der Waals surface area contributed by atoms with Crippen LogP contribution in [0.5, 0.6) is 0 Å². The highest BCUT2D eigenvalue weighted by Gasteiger charge is 2.42. The van der Waals surface area contributed by atoms with Crippen molar-refractivity contribution < 1.29 is 0 Å². The molecule has 1 aliphatic heterocycles. The van der Waals surface area contributed by atoms with Gasteiger partial charge in [-0.3, -0.25) is 0 Å². The summed E-state index contributed by atoms with van der Waals surface area (Å²) in [7, 11) is 0. The van der Waals surface area contributed by atoms with Crippen LogP contribution in [0, 0.1) is 5.41 Å². The molecule has 1 saturated heterocycles. The molecule has 26 heavy (non-hydrogen) atoms. The lowest BCUT2D eigenvalue weighted by Gasteiger charge is -2.42. The first-order valence-corrected chi connectivity index (χ1v) is 10.6. The molecule has 0 bridgehead atoms. The van der Waals surface area contributed by atoms with Gasteiger partial charge in [0.1, 0.15) is 10.8 Å². The van der Waals surface area contributed by atoms with E-state index < -0.39 is 0 Å². The fourth-order valence-electron chi connectivity index (χ4n) is 4.41. The van der Waals surface area contributed by atoms with Crippen LogP contribution >= 0.6 is 11.8 Å². The van der Waals surface area contributed by atoms with Gasteiger partial charge in [0.2, 0.25) is 0 Å². The van der Waals surface area contributed by atoms with Crippen LogP contribution < -0.4 is 10.6 Å². The predicted molar refractivity (Wildman–Crippen MR) is 108 cm³/mol. The van der Waals surface area contributed by atoms with Crippen LogP contribution in [0.15, 0.2) is 46.6 Å². The number of aryl methyl sites for hydroxylation is 1. The van der Waals surface area contributed by atoms with Gasteiger partial charge >= 0.3 is 0 Å². The maximum atomic E-state index is 6.39. The molecule has 2 aliphatic rings. The van der Waals surface area contributed by atoms with Gasteiger partial charge in [-0.25, -0.2) is 9.97 Å². The van der Waals surface area contributed by atoms with Gasteiger partial charge in [0.25, 0.3) is 0 Å². The topological polar surface area (TPSA) is 55.0 Å². The number of anilines is 1. The van der Waals surface area contributed by atoms with Crippen LogP contribution in [0.4, 0.5) is 5.82 Å². The Balaban J connectivity index is 1.37. The van der Waals surface area contributed by atoms with E-state index in [-0.39, 0.29) is 0 Å². The summed E-state index contributed by atoms with van der Waals surface area (Å²) >= 11 is 1.67. The summed E-state index contributed by atoms with van der Waals surface area (Å²) in [5.41, 5.74) is 8.15. The molecule has 1 saturated carbocycles. The van der Waals surface area contributed by atoms with Gasteiger partial charge in [0, 0.05) is 24.0 Å². The standard InChI is InChI=1S/C21H28N4S/c1-2-16-5-7-17(8-6-16)26-20-15-23-19(14-24-20)25-12-10-21(11-13-25)9-3-4-18(21)22/h5-8,14-15,18H,2-4,9-13,22H2,1H3/t18-/m1/s1. The van der Waals surface area contributed by atoms with Crippen LogP contribution in [0.1, 0.15) is 44.6 Å².